The Morgan fingerprint density at radius 1 is 0.438 bits per heavy atom. The topological polar surface area (TPSA) is 55.4 Å². The largest absolute Gasteiger partial charge is 0.498 e. The van der Waals surface area contributed by atoms with Gasteiger partial charge in [-0.3, -0.25) is 0 Å². The second kappa shape index (κ2) is 13.5. The summed E-state index contributed by atoms with van der Waals surface area (Å²) in [7, 11) is -2.90. The van der Waals surface area contributed by atoms with Gasteiger partial charge in [-0.1, -0.05) is 54.6 Å². The molecule has 0 fully saturated rings. The van der Waals surface area contributed by atoms with Crippen molar-refractivity contribution in [2.24, 2.45) is 0 Å². The van der Waals surface area contributed by atoms with E-state index in [1.165, 1.54) is 0 Å². The molecule has 3 aromatic rings. The average Bonchev–Trinajstić information content (AvgIpc) is 2.85. The van der Waals surface area contributed by atoms with Gasteiger partial charge in [0.2, 0.25) is 0 Å². The van der Waals surface area contributed by atoms with E-state index in [-0.39, 0.29) is 0 Å². The lowest BCUT2D eigenvalue weighted by molar-refractivity contribution is 0.0395. The summed E-state index contributed by atoms with van der Waals surface area (Å²) in [6.07, 6.45) is 0. The van der Waals surface area contributed by atoms with Crippen LogP contribution in [0.4, 0.5) is 0 Å². The van der Waals surface area contributed by atoms with E-state index < -0.39 is 8.80 Å². The van der Waals surface area contributed by atoms with Crippen molar-refractivity contribution < 1.29 is 27.5 Å². The molecule has 0 saturated heterocycles. The van der Waals surface area contributed by atoms with E-state index >= 15 is 0 Å². The Morgan fingerprint density at radius 3 is 1.00 bits per heavy atom. The molecule has 0 atom stereocenters. The van der Waals surface area contributed by atoms with Gasteiger partial charge in [-0.15, -0.1) is 0 Å². The molecule has 0 spiro atoms. The first-order valence-electron chi connectivity index (χ1n) is 10.7. The Morgan fingerprint density at radius 2 is 0.719 bits per heavy atom. The summed E-state index contributed by atoms with van der Waals surface area (Å²) >= 11 is 0. The molecular weight excluding hydrogens is 424 g/mol. The van der Waals surface area contributed by atoms with Gasteiger partial charge in [-0.25, -0.2) is 0 Å². The van der Waals surface area contributed by atoms with Crippen molar-refractivity contribution in [2.75, 3.05) is 39.6 Å². The highest BCUT2D eigenvalue weighted by Crippen LogP contribution is 2.14. The van der Waals surface area contributed by atoms with Gasteiger partial charge in [-0.2, -0.15) is 0 Å². The summed E-state index contributed by atoms with van der Waals surface area (Å²) in [5, 5.41) is 0. The maximum absolute atomic E-state index is 6.01. The van der Waals surface area contributed by atoms with Gasteiger partial charge >= 0.3 is 8.80 Å². The van der Waals surface area contributed by atoms with E-state index in [0.717, 1.165) is 17.2 Å². The van der Waals surface area contributed by atoms with Gasteiger partial charge in [0.05, 0.1) is 19.8 Å². The summed E-state index contributed by atoms with van der Waals surface area (Å²) in [4.78, 5) is 0. The van der Waals surface area contributed by atoms with Crippen LogP contribution in [0.1, 0.15) is 0 Å². The third-order valence-electron chi connectivity index (χ3n) is 4.38. The van der Waals surface area contributed by atoms with Crippen molar-refractivity contribution in [3.63, 3.8) is 0 Å². The van der Waals surface area contributed by atoms with Crippen LogP contribution in [0.2, 0.25) is 6.55 Å². The summed E-state index contributed by atoms with van der Waals surface area (Å²) in [5.41, 5.74) is 0. The first-order chi connectivity index (χ1) is 15.7. The normalized spacial score (nSPS) is 11.2. The predicted octanol–water partition coefficient (Wildman–Crippen LogP) is 4.84. The molecule has 0 aliphatic rings. The highest BCUT2D eigenvalue weighted by molar-refractivity contribution is 6.59. The van der Waals surface area contributed by atoms with E-state index in [9.17, 15) is 0 Å². The van der Waals surface area contributed by atoms with E-state index in [2.05, 4.69) is 0 Å². The zero-order valence-corrected chi connectivity index (χ0v) is 19.4. The molecule has 0 saturated carbocycles. The molecule has 0 radical (unpaired) electrons. The first kappa shape index (κ1) is 23.8. The lowest BCUT2D eigenvalue weighted by Gasteiger charge is -2.26. The molecule has 0 aliphatic heterocycles. The van der Waals surface area contributed by atoms with E-state index in [1.54, 1.807) is 0 Å². The standard InChI is InChI=1S/C25H30O6Si/c1-32(29-20-17-26-23-11-5-2-6-12-23,30-21-18-27-24-13-7-3-8-14-24)31-22-19-28-25-15-9-4-10-16-25/h2-16H,17-22H2,1H3. The zero-order chi connectivity index (χ0) is 22.3. The van der Waals surface area contributed by atoms with Crippen LogP contribution in [0.3, 0.4) is 0 Å². The molecule has 0 bridgehead atoms. The summed E-state index contributed by atoms with van der Waals surface area (Å²) in [6.45, 7) is 4.16. The van der Waals surface area contributed by atoms with Crippen LogP contribution in [0.25, 0.3) is 0 Å². The van der Waals surface area contributed by atoms with Gasteiger partial charge in [-0.05, 0) is 36.4 Å². The van der Waals surface area contributed by atoms with Gasteiger partial charge in [0.15, 0.2) is 0 Å². The predicted molar refractivity (Wildman–Crippen MR) is 125 cm³/mol. The van der Waals surface area contributed by atoms with Crippen molar-refractivity contribution >= 4 is 8.80 Å². The minimum Gasteiger partial charge on any atom is -0.491 e. The van der Waals surface area contributed by atoms with E-state index in [4.69, 9.17) is 27.5 Å². The Hall–Kier alpha value is -2.84. The van der Waals surface area contributed by atoms with Crippen molar-refractivity contribution in [2.45, 2.75) is 6.55 Å². The van der Waals surface area contributed by atoms with Gasteiger partial charge in [0.1, 0.15) is 37.1 Å². The third-order valence-corrected chi connectivity index (χ3v) is 6.56. The minimum atomic E-state index is -2.90. The van der Waals surface area contributed by atoms with Crippen LogP contribution in [0.5, 0.6) is 17.2 Å². The molecule has 3 aromatic carbocycles. The van der Waals surface area contributed by atoms with Crippen LogP contribution in [0, 0.1) is 0 Å². The minimum absolute atomic E-state index is 0.358. The molecular formula is C25H30O6Si. The van der Waals surface area contributed by atoms with Gasteiger partial charge < -0.3 is 27.5 Å². The molecule has 0 aliphatic carbocycles. The molecule has 32 heavy (non-hydrogen) atoms. The number of hydrogen-bond acceptors (Lipinski definition) is 6. The fourth-order valence-electron chi connectivity index (χ4n) is 2.83. The Bertz CT molecular complexity index is 748. The Labute approximate surface area is 191 Å². The number of ether oxygens (including phenoxy) is 3. The maximum Gasteiger partial charge on any atom is 0.498 e. The van der Waals surface area contributed by atoms with Crippen molar-refractivity contribution in [1.82, 2.24) is 0 Å². The monoisotopic (exact) mass is 454 g/mol. The van der Waals surface area contributed by atoms with E-state index in [0.29, 0.717) is 39.6 Å². The fourth-order valence-corrected chi connectivity index (χ4v) is 4.45. The lowest BCUT2D eigenvalue weighted by Crippen LogP contribution is -2.45. The van der Waals surface area contributed by atoms with E-state index in [1.807, 2.05) is 97.5 Å². The van der Waals surface area contributed by atoms with Crippen LogP contribution < -0.4 is 14.2 Å². The van der Waals surface area contributed by atoms with Crippen LogP contribution in [0.15, 0.2) is 91.0 Å². The van der Waals surface area contributed by atoms with Crippen molar-refractivity contribution in [3.8, 4) is 17.2 Å². The maximum atomic E-state index is 6.01. The lowest BCUT2D eigenvalue weighted by atomic mass is 10.3. The van der Waals surface area contributed by atoms with Crippen LogP contribution >= 0.6 is 0 Å². The second-order valence-electron chi connectivity index (χ2n) is 6.89. The average molecular weight is 455 g/mol. The summed E-state index contributed by atoms with van der Waals surface area (Å²) < 4.78 is 35.2. The van der Waals surface area contributed by atoms with Crippen LogP contribution in [-0.2, 0) is 13.3 Å². The second-order valence-corrected chi connectivity index (χ2v) is 9.48. The number of rotatable bonds is 15. The van der Waals surface area contributed by atoms with Crippen LogP contribution in [-0.4, -0.2) is 48.4 Å². The third kappa shape index (κ3) is 9.11. The fraction of sp³-hybridized carbons (Fsp3) is 0.280. The molecule has 170 valence electrons. The number of benzene rings is 3. The summed E-state index contributed by atoms with van der Waals surface area (Å²) in [5.74, 6) is 2.40. The van der Waals surface area contributed by atoms with Crippen molar-refractivity contribution in [1.29, 1.82) is 0 Å². The first-order valence-corrected chi connectivity index (χ1v) is 12.9. The molecule has 0 aromatic heterocycles. The molecule has 3 rings (SSSR count). The molecule has 6 nitrogen and oxygen atoms in total. The summed E-state index contributed by atoms with van der Waals surface area (Å²) in [6, 6.07) is 28.9. The Kier molecular flexibility index (Phi) is 10.1. The number of hydrogen-bond donors (Lipinski definition) is 0. The van der Waals surface area contributed by atoms with Gasteiger partial charge in [0.25, 0.3) is 0 Å². The Balaban J connectivity index is 1.42. The van der Waals surface area contributed by atoms with Crippen molar-refractivity contribution in [3.05, 3.63) is 91.0 Å². The highest BCUT2D eigenvalue weighted by Gasteiger charge is 2.35. The molecule has 0 heterocycles. The smallest absolute Gasteiger partial charge is 0.491 e. The zero-order valence-electron chi connectivity index (χ0n) is 18.4. The SMILES string of the molecule is C[Si](OCCOc1ccccc1)(OCCOc1ccccc1)OCCOc1ccccc1. The molecule has 0 amide bonds. The number of para-hydroxylation sites is 3. The van der Waals surface area contributed by atoms with Gasteiger partial charge in [0, 0.05) is 6.55 Å². The molecule has 0 unspecified atom stereocenters. The quantitative estimate of drug-likeness (QED) is 0.242. The highest BCUT2D eigenvalue weighted by atomic mass is 28.4. The molecule has 7 heteroatoms. The molecule has 0 N–H and O–H groups in total.